The minimum Gasteiger partial charge on any atom is -0.373 e. The fourth-order valence-electron chi connectivity index (χ4n) is 1.65. The van der Waals surface area contributed by atoms with Crippen molar-refractivity contribution in [1.82, 2.24) is 15.3 Å². The highest BCUT2D eigenvalue weighted by Gasteiger charge is 2.20. The first-order chi connectivity index (χ1) is 7.78. The third-order valence-corrected chi connectivity index (χ3v) is 2.54. The molecule has 1 saturated heterocycles. The number of carbonyl (C=O) groups is 1. The van der Waals surface area contributed by atoms with E-state index in [-0.39, 0.29) is 11.9 Å². The van der Waals surface area contributed by atoms with Gasteiger partial charge in [-0.1, -0.05) is 0 Å². The van der Waals surface area contributed by atoms with Crippen LogP contribution in [0.2, 0.25) is 0 Å². The van der Waals surface area contributed by atoms with Gasteiger partial charge >= 0.3 is 0 Å². The van der Waals surface area contributed by atoms with E-state index < -0.39 is 0 Å². The van der Waals surface area contributed by atoms with Crippen molar-refractivity contribution in [3.8, 4) is 0 Å². The van der Waals surface area contributed by atoms with Crippen LogP contribution >= 0.6 is 0 Å². The third kappa shape index (κ3) is 2.59. The number of hydrogen-bond acceptors (Lipinski definition) is 5. The summed E-state index contributed by atoms with van der Waals surface area (Å²) in [5.74, 6) is 1.67. The predicted octanol–water partition coefficient (Wildman–Crippen LogP) is 0.209. The van der Waals surface area contributed by atoms with Gasteiger partial charge < -0.3 is 16.0 Å². The van der Waals surface area contributed by atoms with E-state index >= 15 is 0 Å². The number of hydrogen-bond donors (Lipinski definition) is 3. The minimum atomic E-state index is 0.130. The molecule has 16 heavy (non-hydrogen) atoms. The normalized spacial score (nSPS) is 19.3. The van der Waals surface area contributed by atoms with Crippen molar-refractivity contribution in [2.75, 3.05) is 24.2 Å². The molecule has 2 rings (SSSR count). The van der Waals surface area contributed by atoms with E-state index in [9.17, 15) is 4.79 Å². The summed E-state index contributed by atoms with van der Waals surface area (Å²) in [6.07, 6.45) is 3.01. The fraction of sp³-hybridized carbons (Fsp3) is 0.500. The Morgan fingerprint density at radius 3 is 3.00 bits per heavy atom. The maximum Gasteiger partial charge on any atom is 0.220 e. The maximum atomic E-state index is 11.0. The number of nitrogens with one attached hydrogen (secondary N) is 3. The van der Waals surface area contributed by atoms with Gasteiger partial charge in [0.2, 0.25) is 5.91 Å². The SMILES string of the molecule is CNc1cc(NCC2CCC(=O)N2)ncn1. The van der Waals surface area contributed by atoms with Crippen molar-refractivity contribution in [3.05, 3.63) is 12.4 Å². The monoisotopic (exact) mass is 221 g/mol. The molecule has 0 aromatic carbocycles. The summed E-state index contributed by atoms with van der Waals surface area (Å²) in [6.45, 7) is 0.700. The van der Waals surface area contributed by atoms with Crippen molar-refractivity contribution >= 4 is 17.5 Å². The van der Waals surface area contributed by atoms with E-state index in [1.54, 1.807) is 0 Å². The highest BCUT2D eigenvalue weighted by atomic mass is 16.1. The molecule has 0 aliphatic carbocycles. The first kappa shape index (κ1) is 10.7. The molecule has 2 heterocycles. The third-order valence-electron chi connectivity index (χ3n) is 2.54. The number of rotatable bonds is 4. The molecule has 1 fully saturated rings. The van der Waals surface area contributed by atoms with Crippen LogP contribution in [0.1, 0.15) is 12.8 Å². The molecule has 0 radical (unpaired) electrons. The van der Waals surface area contributed by atoms with Crippen molar-refractivity contribution in [1.29, 1.82) is 0 Å². The first-order valence-corrected chi connectivity index (χ1v) is 5.31. The molecule has 1 aromatic heterocycles. The molecule has 86 valence electrons. The summed E-state index contributed by atoms with van der Waals surface area (Å²) in [5.41, 5.74) is 0. The molecule has 6 nitrogen and oxygen atoms in total. The zero-order valence-electron chi connectivity index (χ0n) is 9.16. The molecule has 0 spiro atoms. The molecule has 6 heteroatoms. The minimum absolute atomic E-state index is 0.130. The molecule has 1 aliphatic heterocycles. The van der Waals surface area contributed by atoms with Crippen molar-refractivity contribution in [2.45, 2.75) is 18.9 Å². The highest BCUT2D eigenvalue weighted by molar-refractivity contribution is 5.78. The molecule has 0 saturated carbocycles. The number of anilines is 2. The second-order valence-electron chi connectivity index (χ2n) is 3.72. The summed E-state index contributed by atoms with van der Waals surface area (Å²) < 4.78 is 0. The van der Waals surface area contributed by atoms with E-state index in [0.717, 1.165) is 18.1 Å². The van der Waals surface area contributed by atoms with Gasteiger partial charge in [-0.3, -0.25) is 4.79 Å². The van der Waals surface area contributed by atoms with Gasteiger partial charge in [0.1, 0.15) is 18.0 Å². The van der Waals surface area contributed by atoms with Crippen LogP contribution in [0.15, 0.2) is 12.4 Å². The largest absolute Gasteiger partial charge is 0.373 e. The lowest BCUT2D eigenvalue weighted by molar-refractivity contribution is -0.119. The molecule has 1 aromatic rings. The number of carbonyl (C=O) groups excluding carboxylic acids is 1. The Bertz CT molecular complexity index is 381. The smallest absolute Gasteiger partial charge is 0.220 e. The predicted molar refractivity (Wildman–Crippen MR) is 61.2 cm³/mol. The Kier molecular flexibility index (Phi) is 3.19. The molecular formula is C10H15N5O. The van der Waals surface area contributed by atoms with Crippen LogP contribution < -0.4 is 16.0 Å². The van der Waals surface area contributed by atoms with Gasteiger partial charge in [-0.05, 0) is 6.42 Å². The van der Waals surface area contributed by atoms with Crippen molar-refractivity contribution in [3.63, 3.8) is 0 Å². The van der Waals surface area contributed by atoms with E-state index in [2.05, 4.69) is 25.9 Å². The summed E-state index contributed by atoms with van der Waals surface area (Å²) in [7, 11) is 1.81. The molecule has 1 amide bonds. The summed E-state index contributed by atoms with van der Waals surface area (Å²) >= 11 is 0. The second kappa shape index (κ2) is 4.78. The summed E-state index contributed by atoms with van der Waals surface area (Å²) in [5, 5.41) is 9.01. The average Bonchev–Trinajstić information content (AvgIpc) is 2.73. The molecule has 1 atom stereocenters. The van der Waals surface area contributed by atoms with Crippen LogP contribution in [-0.4, -0.2) is 35.5 Å². The van der Waals surface area contributed by atoms with Gasteiger partial charge in [-0.25, -0.2) is 9.97 Å². The standard InChI is InChI=1S/C10H15N5O/c1-11-8-4-9(14-6-13-8)12-5-7-2-3-10(16)15-7/h4,6-7H,2-3,5H2,1H3,(H,15,16)(H2,11,12,13,14). The maximum absolute atomic E-state index is 11.0. The van der Waals surface area contributed by atoms with Crippen LogP contribution in [0, 0.1) is 0 Å². The summed E-state index contributed by atoms with van der Waals surface area (Å²) in [4.78, 5) is 19.1. The van der Waals surface area contributed by atoms with Crippen LogP contribution in [-0.2, 0) is 4.79 Å². The molecule has 3 N–H and O–H groups in total. The lowest BCUT2D eigenvalue weighted by Gasteiger charge is -2.11. The van der Waals surface area contributed by atoms with Gasteiger partial charge in [0.25, 0.3) is 0 Å². The van der Waals surface area contributed by atoms with Crippen LogP contribution in [0.4, 0.5) is 11.6 Å². The van der Waals surface area contributed by atoms with Crippen LogP contribution in [0.25, 0.3) is 0 Å². The van der Waals surface area contributed by atoms with E-state index in [1.807, 2.05) is 13.1 Å². The van der Waals surface area contributed by atoms with E-state index in [0.29, 0.717) is 13.0 Å². The quantitative estimate of drug-likeness (QED) is 0.677. The highest BCUT2D eigenvalue weighted by Crippen LogP contribution is 2.10. The molecule has 1 aliphatic rings. The topological polar surface area (TPSA) is 78.9 Å². The van der Waals surface area contributed by atoms with Gasteiger partial charge in [0.15, 0.2) is 0 Å². The fourth-order valence-corrected chi connectivity index (χ4v) is 1.65. The second-order valence-corrected chi connectivity index (χ2v) is 3.72. The Morgan fingerprint density at radius 1 is 1.50 bits per heavy atom. The first-order valence-electron chi connectivity index (χ1n) is 5.31. The van der Waals surface area contributed by atoms with Gasteiger partial charge in [-0.2, -0.15) is 0 Å². The zero-order chi connectivity index (χ0) is 11.4. The Labute approximate surface area is 93.9 Å². The molecule has 1 unspecified atom stereocenters. The Balaban J connectivity index is 1.87. The van der Waals surface area contributed by atoms with E-state index in [4.69, 9.17) is 0 Å². The number of amides is 1. The average molecular weight is 221 g/mol. The zero-order valence-corrected chi connectivity index (χ0v) is 9.16. The lowest BCUT2D eigenvalue weighted by Crippen LogP contribution is -2.31. The van der Waals surface area contributed by atoms with Gasteiger partial charge in [0.05, 0.1) is 0 Å². The van der Waals surface area contributed by atoms with Gasteiger partial charge in [0, 0.05) is 32.1 Å². The lowest BCUT2D eigenvalue weighted by atomic mass is 10.2. The van der Waals surface area contributed by atoms with Crippen molar-refractivity contribution in [2.24, 2.45) is 0 Å². The Hall–Kier alpha value is -1.85. The Morgan fingerprint density at radius 2 is 2.31 bits per heavy atom. The van der Waals surface area contributed by atoms with Gasteiger partial charge in [-0.15, -0.1) is 0 Å². The van der Waals surface area contributed by atoms with Crippen molar-refractivity contribution < 1.29 is 4.79 Å². The number of nitrogens with zero attached hydrogens (tertiary/aromatic N) is 2. The molecule has 0 bridgehead atoms. The number of aromatic nitrogens is 2. The molecular weight excluding hydrogens is 206 g/mol. The van der Waals surface area contributed by atoms with Crippen LogP contribution in [0.5, 0.6) is 0 Å². The van der Waals surface area contributed by atoms with Crippen LogP contribution in [0.3, 0.4) is 0 Å². The summed E-state index contributed by atoms with van der Waals surface area (Å²) in [6, 6.07) is 2.04. The van der Waals surface area contributed by atoms with E-state index in [1.165, 1.54) is 6.33 Å².